The molecule has 0 saturated carbocycles. The molecule has 0 spiro atoms. The zero-order valence-electron chi connectivity index (χ0n) is 19.2. The second-order valence-corrected chi connectivity index (χ2v) is 8.33. The lowest BCUT2D eigenvalue weighted by atomic mass is 10.0. The predicted octanol–water partition coefficient (Wildman–Crippen LogP) is 4.80. The summed E-state index contributed by atoms with van der Waals surface area (Å²) in [5.41, 5.74) is -0.152. The number of aliphatic carboxylic acids is 1. The SMILES string of the molecule is Cc1cn(Cc2ccccc2Cl)c(=O)c(NC(=O)N[C@@H](CC(=O)O)c2ccc(OC(F)(F)F)cc2)c1O. The van der Waals surface area contributed by atoms with Crippen molar-refractivity contribution in [1.82, 2.24) is 9.88 Å². The molecule has 1 atom stereocenters. The van der Waals surface area contributed by atoms with Crippen LogP contribution < -0.4 is 20.9 Å². The van der Waals surface area contributed by atoms with E-state index in [2.05, 4.69) is 15.4 Å². The predicted molar refractivity (Wildman–Crippen MR) is 128 cm³/mol. The zero-order valence-corrected chi connectivity index (χ0v) is 19.9. The third-order valence-corrected chi connectivity index (χ3v) is 5.54. The third kappa shape index (κ3) is 7.40. The van der Waals surface area contributed by atoms with E-state index in [1.165, 1.54) is 17.7 Å². The number of alkyl halides is 3. The molecule has 0 radical (unpaired) electrons. The van der Waals surface area contributed by atoms with Gasteiger partial charge in [-0.1, -0.05) is 41.9 Å². The molecule has 0 aliphatic carbocycles. The molecule has 2 amide bonds. The van der Waals surface area contributed by atoms with Crippen molar-refractivity contribution < 1.29 is 37.7 Å². The van der Waals surface area contributed by atoms with Gasteiger partial charge in [-0.05, 0) is 36.2 Å². The number of carboxylic acids is 1. The number of hydrogen-bond acceptors (Lipinski definition) is 5. The number of benzene rings is 2. The van der Waals surface area contributed by atoms with Crippen molar-refractivity contribution in [2.45, 2.75) is 32.3 Å². The Morgan fingerprint density at radius 3 is 2.38 bits per heavy atom. The summed E-state index contributed by atoms with van der Waals surface area (Å²) in [5.74, 6) is -2.32. The number of urea groups is 1. The Bertz CT molecular complexity index is 1360. The average molecular weight is 540 g/mol. The Morgan fingerprint density at radius 1 is 1.14 bits per heavy atom. The molecule has 2 aromatic carbocycles. The number of rotatable bonds is 8. The van der Waals surface area contributed by atoms with E-state index in [9.17, 15) is 37.8 Å². The number of aromatic nitrogens is 1. The first-order valence-electron chi connectivity index (χ1n) is 10.7. The minimum Gasteiger partial charge on any atom is -0.505 e. The first-order chi connectivity index (χ1) is 17.3. The molecule has 1 heterocycles. The van der Waals surface area contributed by atoms with Crippen LogP contribution in [0.3, 0.4) is 0 Å². The first kappa shape index (κ1) is 27.4. The summed E-state index contributed by atoms with van der Waals surface area (Å²) in [7, 11) is 0. The maximum Gasteiger partial charge on any atom is 0.573 e. The van der Waals surface area contributed by atoms with Gasteiger partial charge >= 0.3 is 18.4 Å². The van der Waals surface area contributed by atoms with Crippen LogP contribution in [0.4, 0.5) is 23.7 Å². The van der Waals surface area contributed by atoms with Gasteiger partial charge in [0.25, 0.3) is 5.56 Å². The number of amides is 2. The normalized spacial score (nSPS) is 12.0. The molecule has 3 rings (SSSR count). The number of anilines is 1. The van der Waals surface area contributed by atoms with Gasteiger partial charge < -0.3 is 30.2 Å². The third-order valence-electron chi connectivity index (χ3n) is 5.17. The highest BCUT2D eigenvalue weighted by Gasteiger charge is 2.31. The van der Waals surface area contributed by atoms with E-state index in [0.29, 0.717) is 10.6 Å². The van der Waals surface area contributed by atoms with Gasteiger partial charge in [-0.25, -0.2) is 4.79 Å². The summed E-state index contributed by atoms with van der Waals surface area (Å²) in [6, 6.07) is 8.86. The Kier molecular flexibility index (Phi) is 8.33. The van der Waals surface area contributed by atoms with Crippen LogP contribution >= 0.6 is 11.6 Å². The van der Waals surface area contributed by atoms with E-state index < -0.39 is 53.6 Å². The lowest BCUT2D eigenvalue weighted by Crippen LogP contribution is -2.36. The Hall–Kier alpha value is -4.19. The van der Waals surface area contributed by atoms with Gasteiger partial charge in [0.15, 0.2) is 5.69 Å². The Morgan fingerprint density at radius 2 is 1.78 bits per heavy atom. The second-order valence-electron chi connectivity index (χ2n) is 7.93. The summed E-state index contributed by atoms with van der Waals surface area (Å²) >= 11 is 6.16. The fourth-order valence-corrected chi connectivity index (χ4v) is 3.67. The van der Waals surface area contributed by atoms with Crippen LogP contribution in [0.5, 0.6) is 11.5 Å². The van der Waals surface area contributed by atoms with E-state index in [1.807, 2.05) is 0 Å². The number of halogens is 4. The lowest BCUT2D eigenvalue weighted by molar-refractivity contribution is -0.274. The number of carbonyl (C=O) groups is 2. The van der Waals surface area contributed by atoms with Crippen LogP contribution in [0.1, 0.15) is 29.2 Å². The molecule has 4 N–H and O–H groups in total. The smallest absolute Gasteiger partial charge is 0.505 e. The highest BCUT2D eigenvalue weighted by molar-refractivity contribution is 6.31. The molecule has 9 nitrogen and oxygen atoms in total. The minimum absolute atomic E-state index is 0.0455. The molecule has 196 valence electrons. The number of pyridine rings is 1. The van der Waals surface area contributed by atoms with Crippen LogP contribution in [-0.2, 0) is 11.3 Å². The number of nitrogens with zero attached hydrogens (tertiary/aromatic N) is 1. The number of hydrogen-bond donors (Lipinski definition) is 4. The van der Waals surface area contributed by atoms with Gasteiger partial charge in [0.05, 0.1) is 19.0 Å². The Balaban J connectivity index is 1.83. The summed E-state index contributed by atoms with van der Waals surface area (Å²) in [4.78, 5) is 37.0. The van der Waals surface area contributed by atoms with Crippen molar-refractivity contribution in [3.05, 3.63) is 86.8 Å². The number of nitrogens with one attached hydrogen (secondary N) is 2. The van der Waals surface area contributed by atoms with Crippen LogP contribution in [0.25, 0.3) is 0 Å². The standard InChI is InChI=1S/C24H21ClF3N3O6/c1-13-11-31(12-15-4-2-3-5-17(15)25)22(35)20(21(13)34)30-23(36)29-18(10-19(32)33)14-6-8-16(9-7-14)37-24(26,27)28/h2-9,11,18,34H,10,12H2,1H3,(H,32,33)(H2,29,30,36)/t18-/m0/s1. The molecule has 13 heteroatoms. The second kappa shape index (κ2) is 11.2. The highest BCUT2D eigenvalue weighted by Crippen LogP contribution is 2.27. The molecule has 0 unspecified atom stereocenters. The number of aromatic hydroxyl groups is 1. The molecular formula is C24H21ClF3N3O6. The first-order valence-corrected chi connectivity index (χ1v) is 11.0. The van der Waals surface area contributed by atoms with E-state index in [1.54, 1.807) is 24.3 Å². The molecule has 1 aromatic heterocycles. The molecule has 37 heavy (non-hydrogen) atoms. The van der Waals surface area contributed by atoms with Crippen molar-refractivity contribution in [2.24, 2.45) is 0 Å². The minimum atomic E-state index is -4.91. The van der Waals surface area contributed by atoms with E-state index in [-0.39, 0.29) is 17.7 Å². The molecule has 3 aromatic rings. The average Bonchev–Trinajstić information content (AvgIpc) is 2.80. The van der Waals surface area contributed by atoms with Gasteiger partial charge in [-0.15, -0.1) is 13.2 Å². The van der Waals surface area contributed by atoms with Crippen LogP contribution in [0.15, 0.2) is 59.5 Å². The molecule has 0 aliphatic rings. The molecule has 0 aliphatic heterocycles. The topological polar surface area (TPSA) is 130 Å². The molecule has 0 saturated heterocycles. The lowest BCUT2D eigenvalue weighted by Gasteiger charge is -2.19. The maximum absolute atomic E-state index is 13.0. The fourth-order valence-electron chi connectivity index (χ4n) is 3.47. The molecule has 0 fully saturated rings. The van der Waals surface area contributed by atoms with Crippen molar-refractivity contribution in [3.63, 3.8) is 0 Å². The monoisotopic (exact) mass is 539 g/mol. The zero-order chi connectivity index (χ0) is 27.3. The van der Waals surface area contributed by atoms with Crippen LogP contribution in [0, 0.1) is 6.92 Å². The Labute approximate surface area is 213 Å². The van der Waals surface area contributed by atoms with Crippen molar-refractivity contribution in [2.75, 3.05) is 5.32 Å². The number of carboxylic acid groups (broad SMARTS) is 1. The van der Waals surface area contributed by atoms with Gasteiger partial charge in [-0.2, -0.15) is 0 Å². The molecular weight excluding hydrogens is 519 g/mol. The number of aryl methyl sites for hydroxylation is 1. The van der Waals surface area contributed by atoms with E-state index in [4.69, 9.17) is 11.6 Å². The van der Waals surface area contributed by atoms with Crippen LogP contribution in [0.2, 0.25) is 5.02 Å². The van der Waals surface area contributed by atoms with E-state index in [0.717, 1.165) is 24.3 Å². The van der Waals surface area contributed by atoms with Crippen molar-refractivity contribution in [1.29, 1.82) is 0 Å². The largest absolute Gasteiger partial charge is 0.573 e. The number of carbonyl (C=O) groups excluding carboxylic acids is 1. The van der Waals surface area contributed by atoms with Gasteiger partial charge in [0.2, 0.25) is 0 Å². The summed E-state index contributed by atoms with van der Waals surface area (Å²) in [6.07, 6.45) is -4.14. The summed E-state index contributed by atoms with van der Waals surface area (Å²) in [6.45, 7) is 1.56. The van der Waals surface area contributed by atoms with E-state index >= 15 is 0 Å². The quantitative estimate of drug-likeness (QED) is 0.325. The van der Waals surface area contributed by atoms with Gasteiger partial charge in [0.1, 0.15) is 11.5 Å². The van der Waals surface area contributed by atoms with Gasteiger partial charge in [0, 0.05) is 16.8 Å². The highest BCUT2D eigenvalue weighted by atomic mass is 35.5. The maximum atomic E-state index is 13.0. The van der Waals surface area contributed by atoms with Crippen molar-refractivity contribution >= 4 is 29.3 Å². The van der Waals surface area contributed by atoms with Crippen molar-refractivity contribution in [3.8, 4) is 11.5 Å². The fraction of sp³-hybridized carbons (Fsp3) is 0.208. The van der Waals surface area contributed by atoms with Crippen LogP contribution in [-0.4, -0.2) is 33.1 Å². The summed E-state index contributed by atoms with van der Waals surface area (Å²) in [5, 5.41) is 24.7. The summed E-state index contributed by atoms with van der Waals surface area (Å²) < 4.78 is 42.2. The van der Waals surface area contributed by atoms with Gasteiger partial charge in [-0.3, -0.25) is 9.59 Å². The number of ether oxygens (including phenoxy) is 1. The molecule has 0 bridgehead atoms.